The largest absolute Gasteiger partial charge is 0.324 e. The molecule has 0 unspecified atom stereocenters. The van der Waals surface area contributed by atoms with Crippen molar-refractivity contribution >= 4 is 22.9 Å². The highest BCUT2D eigenvalue weighted by Crippen LogP contribution is 2.17. The molecular formula is C10H11N3O. The lowest BCUT2D eigenvalue weighted by Crippen LogP contribution is -2.06. The predicted octanol–water partition coefficient (Wildman–Crippen LogP) is 1.83. The van der Waals surface area contributed by atoms with Crippen molar-refractivity contribution in [2.75, 3.05) is 5.32 Å². The molecule has 0 atom stereocenters. The Balaban J connectivity index is 2.51. The van der Waals surface area contributed by atoms with Gasteiger partial charge in [-0.15, -0.1) is 0 Å². The van der Waals surface area contributed by atoms with Crippen LogP contribution in [0.2, 0.25) is 0 Å². The average molecular weight is 189 g/mol. The fraction of sp³-hybridized carbons (Fsp3) is 0.200. The van der Waals surface area contributed by atoms with Gasteiger partial charge in [-0.05, 0) is 18.6 Å². The number of carbonyl (C=O) groups is 1. The summed E-state index contributed by atoms with van der Waals surface area (Å²) >= 11 is 0. The van der Waals surface area contributed by atoms with Gasteiger partial charge in [-0.2, -0.15) is 0 Å². The van der Waals surface area contributed by atoms with Gasteiger partial charge in [0.2, 0.25) is 11.9 Å². The van der Waals surface area contributed by atoms with Crippen LogP contribution in [-0.4, -0.2) is 15.9 Å². The number of carbonyl (C=O) groups excluding carboxylic acids is 1. The molecule has 2 N–H and O–H groups in total. The first-order chi connectivity index (χ1) is 6.66. The van der Waals surface area contributed by atoms with E-state index in [0.717, 1.165) is 16.6 Å². The van der Waals surface area contributed by atoms with Crippen LogP contribution >= 0.6 is 0 Å². The smallest absolute Gasteiger partial charge is 0.223 e. The summed E-state index contributed by atoms with van der Waals surface area (Å²) < 4.78 is 0. The Morgan fingerprint density at radius 1 is 1.50 bits per heavy atom. The molecule has 0 saturated heterocycles. The van der Waals surface area contributed by atoms with Crippen LogP contribution in [0.3, 0.4) is 0 Å². The Hall–Kier alpha value is -1.84. The number of aryl methyl sites for hydroxylation is 1. The van der Waals surface area contributed by atoms with E-state index in [1.165, 1.54) is 6.92 Å². The van der Waals surface area contributed by atoms with Crippen LogP contribution < -0.4 is 5.32 Å². The SMILES string of the molecule is CC(=O)Nc1nc2c(C)cccc2[nH]1. The van der Waals surface area contributed by atoms with Gasteiger partial charge >= 0.3 is 0 Å². The summed E-state index contributed by atoms with van der Waals surface area (Å²) in [4.78, 5) is 18.1. The van der Waals surface area contributed by atoms with Gasteiger partial charge in [0.1, 0.15) is 0 Å². The molecule has 0 aliphatic heterocycles. The number of benzene rings is 1. The van der Waals surface area contributed by atoms with Gasteiger partial charge < -0.3 is 4.98 Å². The maximum absolute atomic E-state index is 10.8. The van der Waals surface area contributed by atoms with Crippen molar-refractivity contribution in [3.8, 4) is 0 Å². The number of imidazole rings is 1. The third-order valence-corrected chi connectivity index (χ3v) is 2.01. The topological polar surface area (TPSA) is 57.8 Å². The first-order valence-corrected chi connectivity index (χ1v) is 4.40. The first kappa shape index (κ1) is 8.74. The zero-order chi connectivity index (χ0) is 10.1. The minimum atomic E-state index is -0.123. The second kappa shape index (κ2) is 3.14. The number of nitrogens with one attached hydrogen (secondary N) is 2. The number of nitrogens with zero attached hydrogens (tertiary/aromatic N) is 1. The molecule has 1 amide bonds. The summed E-state index contributed by atoms with van der Waals surface area (Å²) in [6.45, 7) is 3.45. The maximum Gasteiger partial charge on any atom is 0.223 e. The summed E-state index contributed by atoms with van der Waals surface area (Å²) in [6.07, 6.45) is 0. The minimum absolute atomic E-state index is 0.123. The van der Waals surface area contributed by atoms with Gasteiger partial charge in [0.25, 0.3) is 0 Å². The number of fused-ring (bicyclic) bond motifs is 1. The lowest BCUT2D eigenvalue weighted by Gasteiger charge is -1.92. The molecule has 0 aliphatic carbocycles. The van der Waals surface area contributed by atoms with Crippen LogP contribution in [0.4, 0.5) is 5.95 Å². The monoisotopic (exact) mass is 189 g/mol. The van der Waals surface area contributed by atoms with Gasteiger partial charge in [-0.1, -0.05) is 12.1 Å². The van der Waals surface area contributed by atoms with Gasteiger partial charge in [-0.25, -0.2) is 4.98 Å². The van der Waals surface area contributed by atoms with Crippen LogP contribution in [0.25, 0.3) is 11.0 Å². The van der Waals surface area contributed by atoms with Crippen LogP contribution in [0.1, 0.15) is 12.5 Å². The summed E-state index contributed by atoms with van der Waals surface area (Å²) in [5.74, 6) is 0.378. The van der Waals surface area contributed by atoms with Crippen LogP contribution in [0.15, 0.2) is 18.2 Å². The number of anilines is 1. The van der Waals surface area contributed by atoms with E-state index >= 15 is 0 Å². The van der Waals surface area contributed by atoms with Crippen molar-refractivity contribution in [2.24, 2.45) is 0 Å². The summed E-state index contributed by atoms with van der Waals surface area (Å²) in [7, 11) is 0. The highest BCUT2D eigenvalue weighted by atomic mass is 16.1. The molecule has 2 aromatic rings. The molecule has 72 valence electrons. The van der Waals surface area contributed by atoms with Crippen molar-refractivity contribution in [3.63, 3.8) is 0 Å². The van der Waals surface area contributed by atoms with Crippen molar-refractivity contribution in [2.45, 2.75) is 13.8 Å². The maximum atomic E-state index is 10.8. The molecule has 0 radical (unpaired) electrons. The molecule has 0 fully saturated rings. The molecule has 0 aliphatic rings. The molecule has 1 heterocycles. The Bertz CT molecular complexity index is 487. The van der Waals surface area contributed by atoms with Gasteiger partial charge in [-0.3, -0.25) is 10.1 Å². The van der Waals surface area contributed by atoms with Crippen molar-refractivity contribution in [1.82, 2.24) is 9.97 Å². The number of aromatic nitrogens is 2. The van der Waals surface area contributed by atoms with Gasteiger partial charge in [0.05, 0.1) is 11.0 Å². The highest BCUT2D eigenvalue weighted by molar-refractivity contribution is 5.89. The second-order valence-corrected chi connectivity index (χ2v) is 3.24. The Morgan fingerprint density at radius 3 is 2.93 bits per heavy atom. The van der Waals surface area contributed by atoms with Gasteiger partial charge in [0.15, 0.2) is 0 Å². The molecule has 1 aromatic heterocycles. The van der Waals surface area contributed by atoms with E-state index in [4.69, 9.17) is 0 Å². The Kier molecular flexibility index (Phi) is 1.96. The molecule has 14 heavy (non-hydrogen) atoms. The molecular weight excluding hydrogens is 178 g/mol. The van der Waals surface area contributed by atoms with E-state index in [1.807, 2.05) is 25.1 Å². The fourth-order valence-electron chi connectivity index (χ4n) is 1.40. The van der Waals surface area contributed by atoms with E-state index in [-0.39, 0.29) is 5.91 Å². The molecule has 0 bridgehead atoms. The number of hydrogen-bond donors (Lipinski definition) is 2. The van der Waals surface area contributed by atoms with Crippen molar-refractivity contribution < 1.29 is 4.79 Å². The lowest BCUT2D eigenvalue weighted by molar-refractivity contribution is -0.114. The van der Waals surface area contributed by atoms with Crippen LogP contribution in [-0.2, 0) is 4.79 Å². The zero-order valence-corrected chi connectivity index (χ0v) is 8.09. The molecule has 0 saturated carbocycles. The van der Waals surface area contributed by atoms with Crippen LogP contribution in [0.5, 0.6) is 0 Å². The molecule has 0 spiro atoms. The van der Waals surface area contributed by atoms with Crippen molar-refractivity contribution in [3.05, 3.63) is 23.8 Å². The predicted molar refractivity (Wildman–Crippen MR) is 55.1 cm³/mol. The van der Waals surface area contributed by atoms with E-state index in [2.05, 4.69) is 15.3 Å². The number of H-pyrrole nitrogens is 1. The molecule has 2 rings (SSSR count). The number of hydrogen-bond acceptors (Lipinski definition) is 2. The molecule has 1 aromatic carbocycles. The molecule has 4 nitrogen and oxygen atoms in total. The van der Waals surface area contributed by atoms with E-state index < -0.39 is 0 Å². The van der Waals surface area contributed by atoms with E-state index in [0.29, 0.717) is 5.95 Å². The molecule has 4 heteroatoms. The standard InChI is InChI=1S/C10H11N3O/c1-6-4-3-5-8-9(6)13-10(12-8)11-7(2)14/h3-5H,1-2H3,(H2,11,12,13,14). The number of aromatic amines is 1. The lowest BCUT2D eigenvalue weighted by atomic mass is 10.2. The summed E-state index contributed by atoms with van der Waals surface area (Å²) in [6, 6.07) is 5.87. The number of para-hydroxylation sites is 1. The Morgan fingerprint density at radius 2 is 2.29 bits per heavy atom. The minimum Gasteiger partial charge on any atom is -0.324 e. The normalized spacial score (nSPS) is 10.4. The van der Waals surface area contributed by atoms with Crippen molar-refractivity contribution in [1.29, 1.82) is 0 Å². The highest BCUT2D eigenvalue weighted by Gasteiger charge is 2.04. The van der Waals surface area contributed by atoms with E-state index in [9.17, 15) is 4.79 Å². The van der Waals surface area contributed by atoms with E-state index in [1.54, 1.807) is 0 Å². The second-order valence-electron chi connectivity index (χ2n) is 3.24. The van der Waals surface area contributed by atoms with Gasteiger partial charge in [0, 0.05) is 6.92 Å². The quantitative estimate of drug-likeness (QED) is 0.719. The Labute approximate surface area is 81.3 Å². The number of amides is 1. The third kappa shape index (κ3) is 1.46. The summed E-state index contributed by atoms with van der Waals surface area (Å²) in [5, 5.41) is 2.62. The first-order valence-electron chi connectivity index (χ1n) is 4.40. The third-order valence-electron chi connectivity index (χ3n) is 2.01. The zero-order valence-electron chi connectivity index (χ0n) is 8.09. The average Bonchev–Trinajstić information content (AvgIpc) is 2.47. The van der Waals surface area contributed by atoms with Crippen LogP contribution in [0, 0.1) is 6.92 Å². The number of rotatable bonds is 1. The summed E-state index contributed by atoms with van der Waals surface area (Å²) in [5.41, 5.74) is 2.93. The fourth-order valence-corrected chi connectivity index (χ4v) is 1.40.